The summed E-state index contributed by atoms with van der Waals surface area (Å²) in [5, 5.41) is 3.21. The molecule has 0 spiro atoms. The topological polar surface area (TPSA) is 72.2 Å². The zero-order chi connectivity index (χ0) is 22.1. The highest BCUT2D eigenvalue weighted by molar-refractivity contribution is 5.97. The van der Waals surface area contributed by atoms with Gasteiger partial charge in [-0.2, -0.15) is 0 Å². The molecule has 4 heteroatoms. The summed E-state index contributed by atoms with van der Waals surface area (Å²) in [4.78, 5) is 25.2. The van der Waals surface area contributed by atoms with Crippen LogP contribution in [-0.2, 0) is 9.59 Å². The van der Waals surface area contributed by atoms with Crippen molar-refractivity contribution in [1.29, 1.82) is 0 Å². The highest BCUT2D eigenvalue weighted by atomic mass is 16.2. The Morgan fingerprint density at radius 3 is 2.53 bits per heavy atom. The Labute approximate surface area is 182 Å². The van der Waals surface area contributed by atoms with Crippen molar-refractivity contribution in [2.75, 3.05) is 0 Å². The average Bonchev–Trinajstić information content (AvgIpc) is 3.00. The van der Waals surface area contributed by atoms with Crippen LogP contribution in [0.4, 0.5) is 0 Å². The first-order valence-electron chi connectivity index (χ1n) is 11.9. The van der Waals surface area contributed by atoms with Crippen LogP contribution in [0.1, 0.15) is 80.1 Å². The summed E-state index contributed by atoms with van der Waals surface area (Å²) in [5.41, 5.74) is 7.88. The number of ketones is 1. The molecule has 2 saturated carbocycles. The number of nitrogens with one attached hydrogen (secondary N) is 1. The van der Waals surface area contributed by atoms with Crippen LogP contribution in [0.25, 0.3) is 0 Å². The summed E-state index contributed by atoms with van der Waals surface area (Å²) in [6, 6.07) is 0. The Bertz CT molecular complexity index is 819. The van der Waals surface area contributed by atoms with Crippen molar-refractivity contribution in [3.05, 3.63) is 23.4 Å². The quantitative estimate of drug-likeness (QED) is 0.687. The average molecular weight is 413 g/mol. The van der Waals surface area contributed by atoms with E-state index in [9.17, 15) is 9.59 Å². The molecule has 3 N–H and O–H groups in total. The van der Waals surface area contributed by atoms with Crippen molar-refractivity contribution in [2.24, 2.45) is 46.2 Å². The van der Waals surface area contributed by atoms with Gasteiger partial charge in [0.15, 0.2) is 5.78 Å². The van der Waals surface area contributed by atoms with Gasteiger partial charge in [0, 0.05) is 17.9 Å². The van der Waals surface area contributed by atoms with Gasteiger partial charge in [-0.3, -0.25) is 9.59 Å². The van der Waals surface area contributed by atoms with Crippen LogP contribution in [-0.4, -0.2) is 17.2 Å². The summed E-state index contributed by atoms with van der Waals surface area (Å²) in [6.07, 6.45) is 10.7. The van der Waals surface area contributed by atoms with E-state index < -0.39 is 0 Å². The number of hydrogen-bond donors (Lipinski definition) is 2. The molecule has 7 atom stereocenters. The van der Waals surface area contributed by atoms with E-state index in [0.29, 0.717) is 35.8 Å². The van der Waals surface area contributed by atoms with Crippen molar-refractivity contribution in [2.45, 2.75) is 85.6 Å². The van der Waals surface area contributed by atoms with Gasteiger partial charge in [-0.15, -0.1) is 0 Å². The van der Waals surface area contributed by atoms with Crippen LogP contribution < -0.4 is 11.1 Å². The molecule has 2 fully saturated rings. The molecule has 0 aromatic heterocycles. The second-order valence-electron chi connectivity index (χ2n) is 12.1. The van der Waals surface area contributed by atoms with Gasteiger partial charge in [0.05, 0.1) is 5.70 Å². The third kappa shape index (κ3) is 3.17. The molecule has 0 aromatic carbocycles. The summed E-state index contributed by atoms with van der Waals surface area (Å²) in [6.45, 7) is 13.1. The van der Waals surface area contributed by atoms with Crippen LogP contribution in [0.5, 0.6) is 0 Å². The fraction of sp³-hybridized carbons (Fsp3) is 0.769. The van der Waals surface area contributed by atoms with Crippen molar-refractivity contribution in [1.82, 2.24) is 5.32 Å². The summed E-state index contributed by atoms with van der Waals surface area (Å²) in [5.74, 6) is 2.48. The zero-order valence-electron chi connectivity index (χ0n) is 19.7. The van der Waals surface area contributed by atoms with Crippen molar-refractivity contribution >= 4 is 11.7 Å². The number of rotatable bonds is 2. The minimum Gasteiger partial charge on any atom is -0.396 e. The van der Waals surface area contributed by atoms with Gasteiger partial charge in [-0.1, -0.05) is 32.9 Å². The molecule has 4 nitrogen and oxygen atoms in total. The molecular weight excluding hydrogens is 372 g/mol. The van der Waals surface area contributed by atoms with Gasteiger partial charge in [0.2, 0.25) is 5.91 Å². The van der Waals surface area contributed by atoms with E-state index in [1.54, 1.807) is 0 Å². The first kappa shape index (κ1) is 21.6. The van der Waals surface area contributed by atoms with Crippen LogP contribution in [0.2, 0.25) is 0 Å². The molecule has 4 aliphatic carbocycles. The van der Waals surface area contributed by atoms with E-state index in [-0.39, 0.29) is 34.0 Å². The Morgan fingerprint density at radius 2 is 1.87 bits per heavy atom. The van der Waals surface area contributed by atoms with Crippen molar-refractivity contribution in [3.8, 4) is 0 Å². The van der Waals surface area contributed by atoms with Crippen LogP contribution in [0.15, 0.2) is 23.4 Å². The van der Waals surface area contributed by atoms with Gasteiger partial charge in [0.1, 0.15) is 0 Å². The summed E-state index contributed by atoms with van der Waals surface area (Å²) in [7, 11) is 0. The Balaban J connectivity index is 1.61. The molecule has 4 rings (SSSR count). The smallest absolute Gasteiger partial charge is 0.223 e. The number of nitrogens with two attached hydrogens (primary N) is 1. The normalized spacial score (nSPS) is 41.7. The van der Waals surface area contributed by atoms with E-state index in [2.05, 4.69) is 59.0 Å². The Hall–Kier alpha value is -1.58. The van der Waals surface area contributed by atoms with Gasteiger partial charge < -0.3 is 11.1 Å². The molecule has 1 amide bonds. The largest absolute Gasteiger partial charge is 0.396 e. The second-order valence-corrected chi connectivity index (χ2v) is 12.1. The molecule has 0 radical (unpaired) electrons. The number of Topliss-reactive ketones (excluding diaryl/α,β-unsaturated/α-hetero) is 1. The fourth-order valence-electron chi connectivity index (χ4n) is 7.71. The second kappa shape index (κ2) is 6.97. The third-order valence-corrected chi connectivity index (χ3v) is 9.30. The molecule has 0 unspecified atom stereocenters. The SMILES string of the molecule is C[C@H](C(=O)NC(C)(C)C)[C@H]1CC[C@H]2[C@@H]3C=CC4=C(N)C(=O)CC[C@]4(C)[C@H]3CC[C@]12C. The minimum atomic E-state index is -0.191. The number of allylic oxidation sites excluding steroid dienone is 4. The Kier molecular flexibility index (Phi) is 5.03. The lowest BCUT2D eigenvalue weighted by Gasteiger charge is -2.56. The molecule has 0 aromatic rings. The van der Waals surface area contributed by atoms with Gasteiger partial charge in [-0.05, 0) is 93.0 Å². The molecular formula is C26H40N2O2. The van der Waals surface area contributed by atoms with Crippen LogP contribution in [0, 0.1) is 40.4 Å². The lowest BCUT2D eigenvalue weighted by Crippen LogP contribution is -2.52. The zero-order valence-corrected chi connectivity index (χ0v) is 19.7. The molecule has 0 aliphatic heterocycles. The lowest BCUT2D eigenvalue weighted by atomic mass is 9.48. The highest BCUT2D eigenvalue weighted by Gasteiger charge is 2.59. The number of carbonyl (C=O) groups excluding carboxylic acids is 2. The van der Waals surface area contributed by atoms with E-state index in [4.69, 9.17) is 5.73 Å². The van der Waals surface area contributed by atoms with Crippen LogP contribution in [0.3, 0.4) is 0 Å². The molecule has 0 heterocycles. The molecule has 166 valence electrons. The highest BCUT2D eigenvalue weighted by Crippen LogP contribution is 2.66. The van der Waals surface area contributed by atoms with Crippen molar-refractivity contribution in [3.63, 3.8) is 0 Å². The lowest BCUT2D eigenvalue weighted by molar-refractivity contribution is -0.130. The van der Waals surface area contributed by atoms with E-state index in [1.165, 1.54) is 12.8 Å². The predicted octanol–water partition coefficient (Wildman–Crippen LogP) is 4.75. The van der Waals surface area contributed by atoms with Crippen molar-refractivity contribution < 1.29 is 9.59 Å². The molecule has 30 heavy (non-hydrogen) atoms. The maximum absolute atomic E-state index is 13.0. The van der Waals surface area contributed by atoms with Gasteiger partial charge in [-0.25, -0.2) is 0 Å². The maximum atomic E-state index is 13.0. The van der Waals surface area contributed by atoms with Gasteiger partial charge in [0.25, 0.3) is 0 Å². The summed E-state index contributed by atoms with van der Waals surface area (Å²) >= 11 is 0. The number of carbonyl (C=O) groups is 2. The predicted molar refractivity (Wildman–Crippen MR) is 120 cm³/mol. The number of hydrogen-bond acceptors (Lipinski definition) is 3. The Morgan fingerprint density at radius 1 is 1.17 bits per heavy atom. The standard InChI is InChI=1S/C26H40N2O2/c1-15(23(30)28-24(2,3)4)17-9-10-18-16-7-8-20-22(27)21(29)12-14-26(20,6)19(16)11-13-25(17,18)5/h7-8,15-19H,9-14,27H2,1-6H3,(H,28,30)/t15-,16-,17+,18-,19-,25+,26+/m0/s1. The number of fused-ring (bicyclic) bond motifs is 5. The first-order valence-corrected chi connectivity index (χ1v) is 11.9. The third-order valence-electron chi connectivity index (χ3n) is 9.30. The monoisotopic (exact) mass is 412 g/mol. The van der Waals surface area contributed by atoms with E-state index in [0.717, 1.165) is 24.8 Å². The first-order chi connectivity index (χ1) is 13.9. The minimum absolute atomic E-state index is 0.0199. The van der Waals surface area contributed by atoms with Gasteiger partial charge >= 0.3 is 0 Å². The van der Waals surface area contributed by atoms with Crippen LogP contribution >= 0.6 is 0 Å². The molecule has 4 aliphatic rings. The van der Waals surface area contributed by atoms with E-state index in [1.807, 2.05) is 0 Å². The fourth-order valence-corrected chi connectivity index (χ4v) is 7.71. The molecule has 0 saturated heterocycles. The maximum Gasteiger partial charge on any atom is 0.223 e. The molecule has 0 bridgehead atoms. The summed E-state index contributed by atoms with van der Waals surface area (Å²) < 4.78 is 0. The number of amides is 1. The van der Waals surface area contributed by atoms with E-state index >= 15 is 0 Å².